The molecule has 1 saturated heterocycles. The standard InChI is InChI=1S/C21H23ClN6O/c1-26-9-11-27(12-10-26)14-16-5-4-6-17(13-16)23-21(29)19-15-28(25-24-19)20-8-3-2-7-18(20)22/h2-8,13,15H,9-12,14H2,1H3,(H,23,29). The van der Waals surface area contributed by atoms with Crippen molar-refractivity contribution in [2.75, 3.05) is 38.5 Å². The second-order valence-corrected chi connectivity index (χ2v) is 7.64. The van der Waals surface area contributed by atoms with Gasteiger partial charge in [-0.15, -0.1) is 5.10 Å². The number of carbonyl (C=O) groups excluding carboxylic acids is 1. The highest BCUT2D eigenvalue weighted by Crippen LogP contribution is 2.19. The number of carbonyl (C=O) groups is 1. The molecule has 0 saturated carbocycles. The van der Waals surface area contributed by atoms with Gasteiger partial charge in [-0.05, 0) is 36.9 Å². The first-order valence-electron chi connectivity index (χ1n) is 9.57. The summed E-state index contributed by atoms with van der Waals surface area (Å²) in [7, 11) is 2.15. The molecule has 1 fully saturated rings. The maximum absolute atomic E-state index is 12.6. The van der Waals surface area contributed by atoms with E-state index in [-0.39, 0.29) is 11.6 Å². The largest absolute Gasteiger partial charge is 0.321 e. The van der Waals surface area contributed by atoms with E-state index >= 15 is 0 Å². The topological polar surface area (TPSA) is 66.3 Å². The number of nitrogens with one attached hydrogen (secondary N) is 1. The summed E-state index contributed by atoms with van der Waals surface area (Å²) in [5, 5.41) is 11.5. The molecule has 8 heteroatoms. The second-order valence-electron chi connectivity index (χ2n) is 7.23. The number of para-hydroxylation sites is 1. The molecule has 1 amide bonds. The highest BCUT2D eigenvalue weighted by atomic mass is 35.5. The Morgan fingerprint density at radius 3 is 2.69 bits per heavy atom. The Labute approximate surface area is 174 Å². The van der Waals surface area contributed by atoms with Crippen molar-refractivity contribution >= 4 is 23.2 Å². The van der Waals surface area contributed by atoms with Crippen LogP contribution in [0.2, 0.25) is 5.02 Å². The first-order chi connectivity index (χ1) is 14.1. The molecule has 4 rings (SSSR count). The molecule has 7 nitrogen and oxygen atoms in total. The van der Waals surface area contributed by atoms with Gasteiger partial charge in [0.05, 0.1) is 16.9 Å². The predicted molar refractivity (Wildman–Crippen MR) is 114 cm³/mol. The van der Waals surface area contributed by atoms with Crippen LogP contribution in [0, 0.1) is 0 Å². The zero-order valence-corrected chi connectivity index (χ0v) is 17.0. The Morgan fingerprint density at radius 2 is 1.90 bits per heavy atom. The van der Waals surface area contributed by atoms with E-state index in [1.165, 1.54) is 10.2 Å². The van der Waals surface area contributed by atoms with Gasteiger partial charge in [-0.25, -0.2) is 4.68 Å². The highest BCUT2D eigenvalue weighted by molar-refractivity contribution is 6.32. The van der Waals surface area contributed by atoms with E-state index in [1.54, 1.807) is 12.3 Å². The summed E-state index contributed by atoms with van der Waals surface area (Å²) in [6.07, 6.45) is 1.57. The van der Waals surface area contributed by atoms with Gasteiger partial charge >= 0.3 is 0 Å². The van der Waals surface area contributed by atoms with E-state index in [1.807, 2.05) is 36.4 Å². The van der Waals surface area contributed by atoms with Crippen LogP contribution in [-0.2, 0) is 6.54 Å². The average molecular weight is 411 g/mol. The lowest BCUT2D eigenvalue weighted by atomic mass is 10.1. The van der Waals surface area contributed by atoms with Crippen molar-refractivity contribution in [2.45, 2.75) is 6.54 Å². The minimum atomic E-state index is -0.306. The first-order valence-corrected chi connectivity index (χ1v) is 9.95. The van der Waals surface area contributed by atoms with Gasteiger partial charge in [-0.2, -0.15) is 0 Å². The zero-order valence-electron chi connectivity index (χ0n) is 16.3. The van der Waals surface area contributed by atoms with E-state index in [0.717, 1.165) is 38.4 Å². The van der Waals surface area contributed by atoms with Crippen LogP contribution in [0.5, 0.6) is 0 Å². The number of rotatable bonds is 5. The maximum atomic E-state index is 12.6. The van der Waals surface area contributed by atoms with Crippen LogP contribution in [0.3, 0.4) is 0 Å². The van der Waals surface area contributed by atoms with Crippen molar-refractivity contribution in [3.63, 3.8) is 0 Å². The molecule has 0 aliphatic carbocycles. The number of nitrogens with zero attached hydrogens (tertiary/aromatic N) is 5. The van der Waals surface area contributed by atoms with Crippen LogP contribution in [0.25, 0.3) is 5.69 Å². The van der Waals surface area contributed by atoms with Gasteiger partial charge in [0.25, 0.3) is 5.91 Å². The smallest absolute Gasteiger partial charge is 0.277 e. The van der Waals surface area contributed by atoms with Gasteiger partial charge in [0.15, 0.2) is 5.69 Å². The Kier molecular flexibility index (Phi) is 5.89. The van der Waals surface area contributed by atoms with E-state index < -0.39 is 0 Å². The fourth-order valence-electron chi connectivity index (χ4n) is 3.33. The molecule has 0 radical (unpaired) electrons. The van der Waals surface area contributed by atoms with Crippen molar-refractivity contribution < 1.29 is 4.79 Å². The molecule has 1 N–H and O–H groups in total. The van der Waals surface area contributed by atoms with Gasteiger partial charge < -0.3 is 10.2 Å². The summed E-state index contributed by atoms with van der Waals surface area (Å²) < 4.78 is 1.50. The molecule has 3 aromatic rings. The average Bonchev–Trinajstić information content (AvgIpc) is 3.21. The third kappa shape index (κ3) is 4.82. The van der Waals surface area contributed by atoms with Crippen LogP contribution in [0.15, 0.2) is 54.7 Å². The van der Waals surface area contributed by atoms with E-state index in [0.29, 0.717) is 10.7 Å². The second kappa shape index (κ2) is 8.73. The number of benzene rings is 2. The Hall–Kier alpha value is -2.74. The van der Waals surface area contributed by atoms with Crippen LogP contribution in [-0.4, -0.2) is 63.9 Å². The van der Waals surface area contributed by atoms with Crippen molar-refractivity contribution in [3.05, 3.63) is 71.0 Å². The number of hydrogen-bond acceptors (Lipinski definition) is 5. The Morgan fingerprint density at radius 1 is 1.10 bits per heavy atom. The van der Waals surface area contributed by atoms with E-state index in [9.17, 15) is 4.79 Å². The maximum Gasteiger partial charge on any atom is 0.277 e. The van der Waals surface area contributed by atoms with Crippen LogP contribution in [0.4, 0.5) is 5.69 Å². The highest BCUT2D eigenvalue weighted by Gasteiger charge is 2.15. The van der Waals surface area contributed by atoms with Crippen LogP contribution >= 0.6 is 11.6 Å². The number of likely N-dealkylation sites (N-methyl/N-ethyl adjacent to an activating group) is 1. The minimum absolute atomic E-state index is 0.231. The Balaban J connectivity index is 1.42. The summed E-state index contributed by atoms with van der Waals surface area (Å²) in [6, 6.07) is 15.2. The fourth-order valence-corrected chi connectivity index (χ4v) is 3.55. The van der Waals surface area contributed by atoms with Gasteiger partial charge in [-0.3, -0.25) is 9.69 Å². The molecule has 0 atom stereocenters. The summed E-state index contributed by atoms with van der Waals surface area (Å²) in [6.45, 7) is 5.14. The summed E-state index contributed by atoms with van der Waals surface area (Å²) in [5.74, 6) is -0.306. The van der Waals surface area contributed by atoms with Crippen molar-refractivity contribution in [3.8, 4) is 5.69 Å². The lowest BCUT2D eigenvalue weighted by Gasteiger charge is -2.32. The molecule has 1 aromatic heterocycles. The minimum Gasteiger partial charge on any atom is -0.321 e. The predicted octanol–water partition coefficient (Wildman–Crippen LogP) is 2.92. The number of hydrogen-bond donors (Lipinski definition) is 1. The van der Waals surface area contributed by atoms with Gasteiger partial charge in [0.2, 0.25) is 0 Å². The molecule has 1 aliphatic heterocycles. The monoisotopic (exact) mass is 410 g/mol. The number of aromatic nitrogens is 3. The first kappa shape index (κ1) is 19.6. The number of piperazine rings is 1. The molecular formula is C21H23ClN6O. The fraction of sp³-hybridized carbons (Fsp3) is 0.286. The molecule has 29 heavy (non-hydrogen) atoms. The Bertz CT molecular complexity index is 996. The summed E-state index contributed by atoms with van der Waals surface area (Å²) in [5.41, 5.74) is 2.82. The van der Waals surface area contributed by atoms with Crippen molar-refractivity contribution in [1.29, 1.82) is 0 Å². The van der Waals surface area contributed by atoms with Gasteiger partial charge in [-0.1, -0.05) is 41.1 Å². The van der Waals surface area contributed by atoms with E-state index in [4.69, 9.17) is 11.6 Å². The van der Waals surface area contributed by atoms with Gasteiger partial charge in [0, 0.05) is 38.4 Å². The van der Waals surface area contributed by atoms with Crippen LogP contribution in [0.1, 0.15) is 16.1 Å². The van der Waals surface area contributed by atoms with Crippen LogP contribution < -0.4 is 5.32 Å². The quantitative estimate of drug-likeness (QED) is 0.700. The molecule has 0 unspecified atom stereocenters. The lowest BCUT2D eigenvalue weighted by Crippen LogP contribution is -2.43. The summed E-state index contributed by atoms with van der Waals surface area (Å²) >= 11 is 6.19. The normalized spacial score (nSPS) is 15.4. The van der Waals surface area contributed by atoms with E-state index in [2.05, 4.69) is 38.5 Å². The molecule has 0 spiro atoms. The third-order valence-corrected chi connectivity index (χ3v) is 5.33. The van der Waals surface area contributed by atoms with Gasteiger partial charge in [0.1, 0.15) is 0 Å². The number of halogens is 1. The molecule has 2 heterocycles. The summed E-state index contributed by atoms with van der Waals surface area (Å²) in [4.78, 5) is 17.4. The zero-order chi connectivity index (χ0) is 20.2. The molecule has 1 aliphatic rings. The lowest BCUT2D eigenvalue weighted by molar-refractivity contribution is 0.102. The number of amides is 1. The molecule has 2 aromatic carbocycles. The van der Waals surface area contributed by atoms with Crippen molar-refractivity contribution in [1.82, 2.24) is 24.8 Å². The van der Waals surface area contributed by atoms with Crippen molar-refractivity contribution in [2.24, 2.45) is 0 Å². The number of anilines is 1. The third-order valence-electron chi connectivity index (χ3n) is 5.01. The molecule has 0 bridgehead atoms. The molecule has 150 valence electrons. The SMILES string of the molecule is CN1CCN(Cc2cccc(NC(=O)c3cn(-c4ccccc4Cl)nn3)c2)CC1. The molecular weight excluding hydrogens is 388 g/mol.